The van der Waals surface area contributed by atoms with Crippen molar-refractivity contribution in [1.82, 2.24) is 0 Å². The number of aliphatic carboxylic acids is 1. The van der Waals surface area contributed by atoms with Crippen LogP contribution in [-0.4, -0.2) is 30.2 Å². The fourth-order valence-electron chi connectivity index (χ4n) is 1.51. The summed E-state index contributed by atoms with van der Waals surface area (Å²) in [6.07, 6.45) is -0.244. The number of benzene rings is 1. The van der Waals surface area contributed by atoms with Crippen LogP contribution in [-0.2, 0) is 27.2 Å². The van der Waals surface area contributed by atoms with E-state index in [9.17, 15) is 14.0 Å². The average molecular weight is 255 g/mol. The van der Waals surface area contributed by atoms with Gasteiger partial charge in [0.05, 0.1) is 13.5 Å². The first-order chi connectivity index (χ1) is 8.43. The summed E-state index contributed by atoms with van der Waals surface area (Å²) in [5, 5.41) is 8.56. The lowest BCUT2D eigenvalue weighted by molar-refractivity contribution is -0.142. The average Bonchev–Trinajstić information content (AvgIpc) is 2.31. The van der Waals surface area contributed by atoms with E-state index >= 15 is 0 Å². The predicted octanol–water partition coefficient (Wildman–Crippen LogP) is 0.496. The van der Waals surface area contributed by atoms with E-state index in [0.29, 0.717) is 5.56 Å². The molecule has 5 nitrogen and oxygen atoms in total. The second kappa shape index (κ2) is 6.11. The summed E-state index contributed by atoms with van der Waals surface area (Å²) in [6, 6.07) is 3.24. The lowest BCUT2D eigenvalue weighted by Crippen LogP contribution is -2.33. The Morgan fingerprint density at radius 2 is 2.17 bits per heavy atom. The minimum absolute atomic E-state index is 0.0953. The van der Waals surface area contributed by atoms with Gasteiger partial charge >= 0.3 is 11.9 Å². The molecule has 1 unspecified atom stereocenters. The van der Waals surface area contributed by atoms with E-state index in [1.165, 1.54) is 19.2 Å². The molecule has 0 aliphatic heterocycles. The number of methoxy groups -OCH3 is 1. The molecule has 3 N–H and O–H groups in total. The van der Waals surface area contributed by atoms with Crippen molar-refractivity contribution >= 4 is 11.9 Å². The van der Waals surface area contributed by atoms with Crippen molar-refractivity contribution < 1.29 is 23.8 Å². The van der Waals surface area contributed by atoms with E-state index in [-0.39, 0.29) is 18.4 Å². The summed E-state index contributed by atoms with van der Waals surface area (Å²) in [5.74, 6) is -2.30. The first-order valence-electron chi connectivity index (χ1n) is 5.26. The minimum atomic E-state index is -1.10. The van der Waals surface area contributed by atoms with Gasteiger partial charge < -0.3 is 15.6 Å². The zero-order valence-corrected chi connectivity index (χ0v) is 9.85. The zero-order valence-electron chi connectivity index (χ0n) is 9.85. The number of rotatable bonds is 5. The molecule has 0 amide bonds. The van der Waals surface area contributed by atoms with Crippen LogP contribution in [0.25, 0.3) is 0 Å². The first kappa shape index (κ1) is 14.1. The number of carboxylic acids is 1. The molecule has 0 heterocycles. The Kier molecular flexibility index (Phi) is 4.79. The van der Waals surface area contributed by atoms with Gasteiger partial charge in [0, 0.05) is 0 Å². The summed E-state index contributed by atoms with van der Waals surface area (Å²) >= 11 is 0. The monoisotopic (exact) mass is 255 g/mol. The first-order valence-corrected chi connectivity index (χ1v) is 5.26. The van der Waals surface area contributed by atoms with Crippen molar-refractivity contribution in [3.8, 4) is 0 Å². The van der Waals surface area contributed by atoms with Crippen LogP contribution in [0.2, 0.25) is 0 Å². The second-order valence-electron chi connectivity index (χ2n) is 3.83. The molecule has 1 rings (SSSR count). The number of halogens is 1. The van der Waals surface area contributed by atoms with Gasteiger partial charge in [-0.2, -0.15) is 0 Å². The molecule has 0 fully saturated rings. The highest BCUT2D eigenvalue weighted by Crippen LogP contribution is 2.13. The second-order valence-corrected chi connectivity index (χ2v) is 3.83. The molecule has 18 heavy (non-hydrogen) atoms. The van der Waals surface area contributed by atoms with E-state index in [4.69, 9.17) is 10.8 Å². The molecule has 0 saturated carbocycles. The summed E-state index contributed by atoms with van der Waals surface area (Å²) in [7, 11) is 1.22. The number of hydrogen-bond donors (Lipinski definition) is 2. The molecule has 1 atom stereocenters. The van der Waals surface area contributed by atoms with Gasteiger partial charge in [-0.3, -0.25) is 9.59 Å². The highest BCUT2D eigenvalue weighted by atomic mass is 19.1. The minimum Gasteiger partial charge on any atom is -0.481 e. The number of carbonyl (C=O) groups excluding carboxylic acids is 1. The molecule has 0 aromatic heterocycles. The van der Waals surface area contributed by atoms with Gasteiger partial charge in [-0.25, -0.2) is 4.39 Å². The van der Waals surface area contributed by atoms with Crippen LogP contribution in [0.15, 0.2) is 18.2 Å². The van der Waals surface area contributed by atoms with E-state index in [2.05, 4.69) is 4.74 Å². The maximum Gasteiger partial charge on any atom is 0.322 e. The molecule has 1 aromatic carbocycles. The molecule has 0 aliphatic carbocycles. The van der Waals surface area contributed by atoms with Crippen LogP contribution in [0.5, 0.6) is 0 Å². The Morgan fingerprint density at radius 1 is 1.50 bits per heavy atom. The van der Waals surface area contributed by atoms with Gasteiger partial charge in [0.1, 0.15) is 11.9 Å². The van der Waals surface area contributed by atoms with Gasteiger partial charge in [-0.15, -0.1) is 0 Å². The molecule has 0 spiro atoms. The lowest BCUT2D eigenvalue weighted by Gasteiger charge is -2.10. The molecule has 0 aliphatic rings. The van der Waals surface area contributed by atoms with E-state index in [1.807, 2.05) is 0 Å². The molecule has 0 radical (unpaired) electrons. The number of hydrogen-bond acceptors (Lipinski definition) is 4. The van der Waals surface area contributed by atoms with Crippen LogP contribution in [0.1, 0.15) is 11.1 Å². The number of carboxylic acid groups (broad SMARTS) is 1. The third-order valence-electron chi connectivity index (χ3n) is 2.42. The SMILES string of the molecule is COC(=O)C(N)Cc1ccc(CC(=O)O)c(F)c1. The highest BCUT2D eigenvalue weighted by Gasteiger charge is 2.15. The Morgan fingerprint density at radius 3 is 2.67 bits per heavy atom. The predicted molar refractivity (Wildman–Crippen MR) is 61.4 cm³/mol. The molecule has 1 aromatic rings. The Balaban J connectivity index is 2.78. The fourth-order valence-corrected chi connectivity index (χ4v) is 1.51. The summed E-state index contributed by atoms with van der Waals surface area (Å²) in [4.78, 5) is 21.6. The Hall–Kier alpha value is -1.95. The van der Waals surface area contributed by atoms with Crippen molar-refractivity contribution in [3.63, 3.8) is 0 Å². The fraction of sp³-hybridized carbons (Fsp3) is 0.333. The van der Waals surface area contributed by atoms with Gasteiger partial charge in [-0.1, -0.05) is 12.1 Å². The molecule has 6 heteroatoms. The summed E-state index contributed by atoms with van der Waals surface area (Å²) < 4.78 is 18.0. The van der Waals surface area contributed by atoms with Gasteiger partial charge in [0.2, 0.25) is 0 Å². The maximum atomic E-state index is 13.5. The highest BCUT2D eigenvalue weighted by molar-refractivity contribution is 5.75. The van der Waals surface area contributed by atoms with Gasteiger partial charge in [0.15, 0.2) is 0 Å². The standard InChI is InChI=1S/C12H14FNO4/c1-18-12(17)10(14)5-7-2-3-8(6-11(15)16)9(13)4-7/h2-4,10H,5-6,14H2,1H3,(H,15,16). The maximum absolute atomic E-state index is 13.5. The Bertz CT molecular complexity index is 461. The van der Waals surface area contributed by atoms with Gasteiger partial charge in [0.25, 0.3) is 0 Å². The van der Waals surface area contributed by atoms with E-state index < -0.39 is 23.8 Å². The normalized spacial score (nSPS) is 11.9. The number of carbonyl (C=O) groups is 2. The molecular weight excluding hydrogens is 241 g/mol. The van der Waals surface area contributed by atoms with Crippen molar-refractivity contribution in [2.45, 2.75) is 18.9 Å². The largest absolute Gasteiger partial charge is 0.481 e. The van der Waals surface area contributed by atoms with Crippen molar-refractivity contribution in [1.29, 1.82) is 0 Å². The number of nitrogens with two attached hydrogens (primary N) is 1. The number of ether oxygens (including phenoxy) is 1. The molecular formula is C12H14FNO4. The lowest BCUT2D eigenvalue weighted by atomic mass is 10.0. The van der Waals surface area contributed by atoms with Crippen LogP contribution < -0.4 is 5.73 Å². The summed E-state index contributed by atoms with van der Waals surface area (Å²) in [5.41, 5.74) is 6.15. The van der Waals surface area contributed by atoms with Crippen LogP contribution in [0, 0.1) is 5.82 Å². The molecule has 98 valence electrons. The van der Waals surface area contributed by atoms with Crippen molar-refractivity contribution in [2.75, 3.05) is 7.11 Å². The smallest absolute Gasteiger partial charge is 0.322 e. The molecule has 0 saturated heterocycles. The third kappa shape index (κ3) is 3.81. The topological polar surface area (TPSA) is 89.6 Å². The molecule has 0 bridgehead atoms. The van der Waals surface area contributed by atoms with E-state index in [1.54, 1.807) is 6.07 Å². The Labute approximate surface area is 103 Å². The van der Waals surface area contributed by atoms with Crippen LogP contribution in [0.4, 0.5) is 4.39 Å². The van der Waals surface area contributed by atoms with Gasteiger partial charge in [-0.05, 0) is 23.6 Å². The summed E-state index contributed by atoms with van der Waals surface area (Å²) in [6.45, 7) is 0. The van der Waals surface area contributed by atoms with E-state index in [0.717, 1.165) is 0 Å². The van der Waals surface area contributed by atoms with Crippen LogP contribution in [0.3, 0.4) is 0 Å². The quantitative estimate of drug-likeness (QED) is 0.747. The third-order valence-corrected chi connectivity index (χ3v) is 2.42. The van der Waals surface area contributed by atoms with Crippen LogP contribution >= 0.6 is 0 Å². The van der Waals surface area contributed by atoms with Crippen molar-refractivity contribution in [3.05, 3.63) is 35.1 Å². The van der Waals surface area contributed by atoms with Crippen molar-refractivity contribution in [2.24, 2.45) is 5.73 Å². The number of esters is 1. The zero-order chi connectivity index (χ0) is 13.7.